The number of aliphatic hydroxyl groups excluding tert-OH is 1. The molecule has 2 atom stereocenters. The lowest BCUT2D eigenvalue weighted by Crippen LogP contribution is -2.39. The van der Waals surface area contributed by atoms with E-state index in [1.807, 2.05) is 25.1 Å². The first-order chi connectivity index (χ1) is 10.1. The minimum absolute atomic E-state index is 0.424. The third kappa shape index (κ3) is 4.45. The van der Waals surface area contributed by atoms with E-state index in [9.17, 15) is 5.11 Å². The van der Waals surface area contributed by atoms with Crippen molar-refractivity contribution in [3.63, 3.8) is 0 Å². The van der Waals surface area contributed by atoms with Gasteiger partial charge in [-0.3, -0.25) is 0 Å². The lowest BCUT2D eigenvalue weighted by atomic mass is 9.90. The molecule has 0 radical (unpaired) electrons. The highest BCUT2D eigenvalue weighted by atomic mass is 16.3. The summed E-state index contributed by atoms with van der Waals surface area (Å²) in [5.74, 6) is 0.722. The number of nitrogens with one attached hydrogen (secondary N) is 1. The number of benzene rings is 1. The molecule has 2 N–H and O–H groups in total. The fourth-order valence-electron chi connectivity index (χ4n) is 3.35. The number of hydrogen-bond acceptors (Lipinski definition) is 3. The Morgan fingerprint density at radius 1 is 1.24 bits per heavy atom. The Hall–Kier alpha value is -1.06. The average Bonchev–Trinajstić information content (AvgIpc) is 2.48. The van der Waals surface area contributed by atoms with Crippen molar-refractivity contribution in [1.82, 2.24) is 4.90 Å². The van der Waals surface area contributed by atoms with Gasteiger partial charge in [0.2, 0.25) is 0 Å². The maximum Gasteiger partial charge on any atom is 0.0781 e. The van der Waals surface area contributed by atoms with Gasteiger partial charge in [0.1, 0.15) is 0 Å². The van der Waals surface area contributed by atoms with Gasteiger partial charge in [0, 0.05) is 17.3 Å². The van der Waals surface area contributed by atoms with Crippen LogP contribution in [0.25, 0.3) is 0 Å². The summed E-state index contributed by atoms with van der Waals surface area (Å²) in [6.45, 7) is 10.0. The van der Waals surface area contributed by atoms with Gasteiger partial charge in [-0.25, -0.2) is 0 Å². The molecule has 0 bridgehead atoms. The number of anilines is 1. The SMILES string of the molecule is CCCN1CCC(C(C)Nc2ccccc2C(C)O)CC1. The Labute approximate surface area is 129 Å². The third-order valence-corrected chi connectivity index (χ3v) is 4.67. The maximum absolute atomic E-state index is 9.87. The Morgan fingerprint density at radius 2 is 1.90 bits per heavy atom. The van der Waals surface area contributed by atoms with E-state index < -0.39 is 6.10 Å². The van der Waals surface area contributed by atoms with Gasteiger partial charge in [0.15, 0.2) is 0 Å². The summed E-state index contributed by atoms with van der Waals surface area (Å²) < 4.78 is 0. The molecule has 0 aliphatic carbocycles. The van der Waals surface area contributed by atoms with E-state index in [0.29, 0.717) is 6.04 Å². The quantitative estimate of drug-likeness (QED) is 0.839. The second-order valence-electron chi connectivity index (χ2n) is 6.38. The zero-order valence-electron chi connectivity index (χ0n) is 13.7. The van der Waals surface area contributed by atoms with Gasteiger partial charge in [-0.2, -0.15) is 0 Å². The molecule has 0 saturated carbocycles. The summed E-state index contributed by atoms with van der Waals surface area (Å²) in [7, 11) is 0. The molecule has 1 saturated heterocycles. The molecule has 21 heavy (non-hydrogen) atoms. The van der Waals surface area contributed by atoms with Crippen LogP contribution in [0.15, 0.2) is 24.3 Å². The average molecular weight is 290 g/mol. The molecule has 2 rings (SSSR count). The summed E-state index contributed by atoms with van der Waals surface area (Å²) in [5.41, 5.74) is 2.07. The molecule has 1 heterocycles. The van der Waals surface area contributed by atoms with Crippen LogP contribution in [0, 0.1) is 5.92 Å². The molecule has 0 aromatic heterocycles. The summed E-state index contributed by atoms with van der Waals surface area (Å²) in [6, 6.07) is 8.55. The first kappa shape index (κ1) is 16.3. The van der Waals surface area contributed by atoms with Crippen molar-refractivity contribution in [2.24, 2.45) is 5.92 Å². The van der Waals surface area contributed by atoms with E-state index in [1.54, 1.807) is 0 Å². The molecule has 3 heteroatoms. The first-order valence-electron chi connectivity index (χ1n) is 8.37. The van der Waals surface area contributed by atoms with Crippen molar-refractivity contribution >= 4 is 5.69 Å². The molecule has 1 fully saturated rings. The van der Waals surface area contributed by atoms with E-state index in [4.69, 9.17) is 0 Å². The van der Waals surface area contributed by atoms with Crippen LogP contribution in [0.5, 0.6) is 0 Å². The van der Waals surface area contributed by atoms with Crippen molar-refractivity contribution in [1.29, 1.82) is 0 Å². The molecular weight excluding hydrogens is 260 g/mol. The number of para-hydroxylation sites is 1. The number of hydrogen-bond donors (Lipinski definition) is 2. The molecule has 118 valence electrons. The lowest BCUT2D eigenvalue weighted by molar-refractivity contribution is 0.176. The molecule has 0 spiro atoms. The van der Waals surface area contributed by atoms with Gasteiger partial charge in [0.25, 0.3) is 0 Å². The molecule has 1 aromatic rings. The number of likely N-dealkylation sites (tertiary alicyclic amines) is 1. The largest absolute Gasteiger partial charge is 0.389 e. The standard InChI is InChI=1S/C18H30N2O/c1-4-11-20-12-9-16(10-13-20)14(2)19-18-8-6-5-7-17(18)15(3)21/h5-8,14-16,19,21H,4,9-13H2,1-3H3. The highest BCUT2D eigenvalue weighted by Crippen LogP contribution is 2.27. The highest BCUT2D eigenvalue weighted by molar-refractivity contribution is 5.52. The van der Waals surface area contributed by atoms with Gasteiger partial charge < -0.3 is 15.3 Å². The summed E-state index contributed by atoms with van der Waals surface area (Å²) in [5, 5.41) is 13.5. The predicted octanol–water partition coefficient (Wildman–Crippen LogP) is 3.66. The van der Waals surface area contributed by atoms with E-state index in [0.717, 1.165) is 17.2 Å². The minimum Gasteiger partial charge on any atom is -0.389 e. The molecular formula is C18H30N2O. The van der Waals surface area contributed by atoms with E-state index in [1.165, 1.54) is 38.9 Å². The molecule has 0 amide bonds. The molecule has 1 aliphatic heterocycles. The first-order valence-corrected chi connectivity index (χ1v) is 8.37. The van der Waals surface area contributed by atoms with E-state index >= 15 is 0 Å². The Kier molecular flexibility index (Phi) is 6.07. The second kappa shape index (κ2) is 7.81. The normalized spacial score (nSPS) is 20.2. The van der Waals surface area contributed by atoms with Crippen LogP contribution in [0.4, 0.5) is 5.69 Å². The van der Waals surface area contributed by atoms with Crippen molar-refractivity contribution in [2.75, 3.05) is 25.0 Å². The summed E-state index contributed by atoms with van der Waals surface area (Å²) in [4.78, 5) is 2.58. The Bertz CT molecular complexity index is 425. The Balaban J connectivity index is 1.92. The van der Waals surface area contributed by atoms with Crippen LogP contribution in [-0.2, 0) is 0 Å². The lowest BCUT2D eigenvalue weighted by Gasteiger charge is -2.35. The second-order valence-corrected chi connectivity index (χ2v) is 6.38. The van der Waals surface area contributed by atoms with Crippen LogP contribution in [0.3, 0.4) is 0 Å². The topological polar surface area (TPSA) is 35.5 Å². The fourth-order valence-corrected chi connectivity index (χ4v) is 3.35. The smallest absolute Gasteiger partial charge is 0.0781 e. The van der Waals surface area contributed by atoms with Gasteiger partial charge in [-0.1, -0.05) is 25.1 Å². The highest BCUT2D eigenvalue weighted by Gasteiger charge is 2.24. The number of aliphatic hydroxyl groups is 1. The number of nitrogens with zero attached hydrogens (tertiary/aromatic N) is 1. The van der Waals surface area contributed by atoms with Crippen LogP contribution in [0.2, 0.25) is 0 Å². The van der Waals surface area contributed by atoms with Gasteiger partial charge in [-0.15, -0.1) is 0 Å². The van der Waals surface area contributed by atoms with E-state index in [2.05, 4.69) is 30.1 Å². The van der Waals surface area contributed by atoms with Crippen LogP contribution >= 0.6 is 0 Å². The summed E-state index contributed by atoms with van der Waals surface area (Å²) in [6.07, 6.45) is 3.36. The monoisotopic (exact) mass is 290 g/mol. The number of piperidine rings is 1. The molecule has 1 aliphatic rings. The van der Waals surface area contributed by atoms with Crippen molar-refractivity contribution in [3.05, 3.63) is 29.8 Å². The van der Waals surface area contributed by atoms with Gasteiger partial charge >= 0.3 is 0 Å². The Morgan fingerprint density at radius 3 is 2.52 bits per heavy atom. The molecule has 2 unspecified atom stereocenters. The zero-order chi connectivity index (χ0) is 15.2. The molecule has 1 aromatic carbocycles. The zero-order valence-corrected chi connectivity index (χ0v) is 13.7. The molecule has 3 nitrogen and oxygen atoms in total. The number of rotatable bonds is 6. The maximum atomic E-state index is 9.87. The van der Waals surface area contributed by atoms with Crippen molar-refractivity contribution in [2.45, 2.75) is 52.2 Å². The minimum atomic E-state index is -0.424. The summed E-state index contributed by atoms with van der Waals surface area (Å²) >= 11 is 0. The fraction of sp³-hybridized carbons (Fsp3) is 0.667. The van der Waals surface area contributed by atoms with Crippen LogP contribution in [-0.4, -0.2) is 35.7 Å². The van der Waals surface area contributed by atoms with Crippen LogP contribution in [0.1, 0.15) is 51.7 Å². The predicted molar refractivity (Wildman–Crippen MR) is 89.6 cm³/mol. The van der Waals surface area contributed by atoms with Crippen LogP contribution < -0.4 is 5.32 Å². The van der Waals surface area contributed by atoms with Gasteiger partial charge in [0.05, 0.1) is 6.10 Å². The van der Waals surface area contributed by atoms with E-state index in [-0.39, 0.29) is 0 Å². The van der Waals surface area contributed by atoms with Crippen molar-refractivity contribution in [3.8, 4) is 0 Å². The third-order valence-electron chi connectivity index (χ3n) is 4.67. The van der Waals surface area contributed by atoms with Gasteiger partial charge in [-0.05, 0) is 64.7 Å². The van der Waals surface area contributed by atoms with Crippen molar-refractivity contribution < 1.29 is 5.11 Å².